The zero-order chi connectivity index (χ0) is 9.28. The van der Waals surface area contributed by atoms with Gasteiger partial charge < -0.3 is 5.73 Å². The fraction of sp³-hybridized carbons (Fsp3) is 1.00. The molecule has 11 heavy (non-hydrogen) atoms. The quantitative estimate of drug-likeness (QED) is 0.674. The summed E-state index contributed by atoms with van der Waals surface area (Å²) in [5.74, 6) is 0. The predicted octanol–water partition coefficient (Wildman–Crippen LogP) is 2.31. The Morgan fingerprint density at radius 2 is 1.64 bits per heavy atom. The summed E-state index contributed by atoms with van der Waals surface area (Å²) in [5.41, 5.74) is 4.51. The molecule has 2 N–H and O–H groups in total. The van der Waals surface area contributed by atoms with Gasteiger partial charge in [0.05, 0.1) is 6.42 Å². The highest BCUT2D eigenvalue weighted by Gasteiger charge is 2.38. The van der Waals surface area contributed by atoms with Crippen molar-refractivity contribution in [2.24, 2.45) is 11.1 Å². The molecule has 0 aromatic rings. The van der Waals surface area contributed by atoms with Crippen LogP contribution in [0, 0.1) is 5.41 Å². The zero-order valence-corrected chi connectivity index (χ0v) is 7.00. The van der Waals surface area contributed by atoms with Crippen molar-refractivity contribution in [3.63, 3.8) is 0 Å². The molecule has 0 amide bonds. The molecule has 1 nitrogen and oxygen atoms in total. The second-order valence-corrected chi connectivity index (χ2v) is 3.57. The van der Waals surface area contributed by atoms with Gasteiger partial charge in [-0.25, -0.2) is 0 Å². The molecule has 0 heterocycles. The Kier molecular flexibility index (Phi) is 2.94. The van der Waals surface area contributed by atoms with Gasteiger partial charge in [-0.15, -0.1) is 0 Å². The number of hydrogen-bond acceptors (Lipinski definition) is 1. The van der Waals surface area contributed by atoms with E-state index in [0.29, 0.717) is 0 Å². The Bertz CT molecular complexity index is 126. The molecule has 0 radical (unpaired) electrons. The molecule has 0 aromatic heterocycles. The van der Waals surface area contributed by atoms with Gasteiger partial charge in [-0.1, -0.05) is 13.8 Å². The van der Waals surface area contributed by atoms with Gasteiger partial charge in [-0.05, 0) is 12.3 Å². The monoisotopic (exact) mass is 169 g/mol. The molecule has 0 aliphatic rings. The Hall–Kier alpha value is -0.250. The first-order valence-corrected chi connectivity index (χ1v) is 3.47. The number of rotatable bonds is 2. The van der Waals surface area contributed by atoms with E-state index < -0.39 is 24.1 Å². The lowest BCUT2D eigenvalue weighted by molar-refractivity contribution is -0.156. The third kappa shape index (κ3) is 4.24. The van der Waals surface area contributed by atoms with Crippen LogP contribution in [0.15, 0.2) is 0 Å². The van der Waals surface area contributed by atoms with Crippen molar-refractivity contribution in [3.05, 3.63) is 0 Å². The van der Waals surface area contributed by atoms with E-state index in [9.17, 15) is 13.2 Å². The van der Waals surface area contributed by atoms with Crippen LogP contribution in [0.4, 0.5) is 13.2 Å². The van der Waals surface area contributed by atoms with E-state index in [2.05, 4.69) is 0 Å². The van der Waals surface area contributed by atoms with Crippen LogP contribution in [0.2, 0.25) is 0 Å². The van der Waals surface area contributed by atoms with Crippen molar-refractivity contribution in [3.8, 4) is 0 Å². The molecule has 0 spiro atoms. The molecule has 1 unspecified atom stereocenters. The van der Waals surface area contributed by atoms with E-state index in [-0.39, 0.29) is 0 Å². The van der Waals surface area contributed by atoms with Gasteiger partial charge in [0.15, 0.2) is 0 Å². The maximum atomic E-state index is 11.9. The smallest absolute Gasteiger partial charge is 0.327 e. The molecule has 0 fully saturated rings. The van der Waals surface area contributed by atoms with E-state index in [1.807, 2.05) is 0 Å². The molecular formula is C7H14F3N. The molecule has 0 aliphatic carbocycles. The van der Waals surface area contributed by atoms with Crippen LogP contribution in [-0.4, -0.2) is 12.2 Å². The van der Waals surface area contributed by atoms with Crippen LogP contribution in [0.3, 0.4) is 0 Å². The minimum Gasteiger partial charge on any atom is -0.327 e. The first-order chi connectivity index (χ1) is 4.65. The molecular weight excluding hydrogens is 155 g/mol. The van der Waals surface area contributed by atoms with Crippen LogP contribution in [0.25, 0.3) is 0 Å². The van der Waals surface area contributed by atoms with Crippen molar-refractivity contribution in [1.29, 1.82) is 0 Å². The van der Waals surface area contributed by atoms with Crippen LogP contribution in [0.5, 0.6) is 0 Å². The van der Waals surface area contributed by atoms with Crippen LogP contribution in [-0.2, 0) is 0 Å². The van der Waals surface area contributed by atoms with E-state index in [1.165, 1.54) is 13.8 Å². The van der Waals surface area contributed by atoms with E-state index >= 15 is 0 Å². The maximum absolute atomic E-state index is 11.9. The Labute approximate surface area is 64.8 Å². The first-order valence-electron chi connectivity index (χ1n) is 3.47. The van der Waals surface area contributed by atoms with Gasteiger partial charge >= 0.3 is 6.18 Å². The van der Waals surface area contributed by atoms with Gasteiger partial charge in [0, 0.05) is 6.04 Å². The topological polar surface area (TPSA) is 26.0 Å². The Morgan fingerprint density at radius 3 is 1.73 bits per heavy atom. The van der Waals surface area contributed by atoms with Crippen molar-refractivity contribution in [1.82, 2.24) is 0 Å². The summed E-state index contributed by atoms with van der Waals surface area (Å²) in [4.78, 5) is 0. The average molecular weight is 169 g/mol. The molecule has 0 aromatic carbocycles. The summed E-state index contributed by atoms with van der Waals surface area (Å²) in [7, 11) is 0. The van der Waals surface area contributed by atoms with E-state index in [4.69, 9.17) is 5.73 Å². The fourth-order valence-electron chi connectivity index (χ4n) is 0.678. The summed E-state index contributed by atoms with van der Waals surface area (Å²) in [6, 6.07) is -0.441. The summed E-state index contributed by atoms with van der Waals surface area (Å²) < 4.78 is 35.6. The second-order valence-electron chi connectivity index (χ2n) is 3.57. The Morgan fingerprint density at radius 1 is 1.27 bits per heavy atom. The number of nitrogens with two attached hydrogens (primary N) is 1. The van der Waals surface area contributed by atoms with Gasteiger partial charge in [0.2, 0.25) is 0 Å². The standard InChI is InChI=1S/C7H14F3N/c1-5(11)6(2,3)4-7(8,9)10/h5H,4,11H2,1-3H3. The number of alkyl halides is 3. The van der Waals surface area contributed by atoms with Gasteiger partial charge in [-0.3, -0.25) is 0 Å². The number of halogens is 3. The summed E-state index contributed by atoms with van der Waals surface area (Å²) in [5, 5.41) is 0. The highest BCUT2D eigenvalue weighted by Crippen LogP contribution is 2.34. The van der Waals surface area contributed by atoms with Gasteiger partial charge in [0.1, 0.15) is 0 Å². The minimum absolute atomic E-state index is 0.441. The highest BCUT2D eigenvalue weighted by molar-refractivity contribution is 4.80. The summed E-state index contributed by atoms with van der Waals surface area (Å²) in [6.07, 6.45) is -4.94. The van der Waals surface area contributed by atoms with Crippen LogP contribution in [0.1, 0.15) is 27.2 Å². The SMILES string of the molecule is CC(N)C(C)(C)CC(F)(F)F. The normalized spacial score (nSPS) is 16.6. The van der Waals surface area contributed by atoms with Gasteiger partial charge in [-0.2, -0.15) is 13.2 Å². The van der Waals surface area contributed by atoms with Crippen molar-refractivity contribution in [2.75, 3.05) is 0 Å². The largest absolute Gasteiger partial charge is 0.389 e. The van der Waals surface area contributed by atoms with Gasteiger partial charge in [0.25, 0.3) is 0 Å². The molecule has 0 aliphatic heterocycles. The number of hydrogen-bond donors (Lipinski definition) is 1. The summed E-state index contributed by atoms with van der Waals surface area (Å²) in [6.45, 7) is 4.63. The molecule has 1 atom stereocenters. The second kappa shape index (κ2) is 3.01. The third-order valence-electron chi connectivity index (χ3n) is 1.89. The lowest BCUT2D eigenvalue weighted by atomic mass is 9.82. The van der Waals surface area contributed by atoms with Crippen molar-refractivity contribution in [2.45, 2.75) is 39.4 Å². The maximum Gasteiger partial charge on any atom is 0.389 e. The summed E-state index contributed by atoms with van der Waals surface area (Å²) >= 11 is 0. The highest BCUT2D eigenvalue weighted by atomic mass is 19.4. The molecule has 0 saturated heterocycles. The third-order valence-corrected chi connectivity index (χ3v) is 1.89. The lowest BCUT2D eigenvalue weighted by Gasteiger charge is -2.29. The lowest BCUT2D eigenvalue weighted by Crippen LogP contribution is -2.38. The average Bonchev–Trinajstić information content (AvgIpc) is 1.56. The van der Waals surface area contributed by atoms with Crippen LogP contribution >= 0.6 is 0 Å². The van der Waals surface area contributed by atoms with E-state index in [0.717, 1.165) is 0 Å². The predicted molar refractivity (Wildman–Crippen MR) is 38.1 cm³/mol. The minimum atomic E-state index is -4.11. The van der Waals surface area contributed by atoms with Crippen molar-refractivity contribution < 1.29 is 13.2 Å². The first kappa shape index (κ1) is 10.8. The molecule has 0 saturated carbocycles. The molecule has 0 bridgehead atoms. The fourth-order valence-corrected chi connectivity index (χ4v) is 0.678. The van der Waals surface area contributed by atoms with Crippen molar-refractivity contribution >= 4 is 0 Å². The molecule has 4 heteroatoms. The van der Waals surface area contributed by atoms with E-state index in [1.54, 1.807) is 6.92 Å². The Balaban J connectivity index is 4.13. The van der Waals surface area contributed by atoms with Crippen LogP contribution < -0.4 is 5.73 Å². The zero-order valence-electron chi connectivity index (χ0n) is 7.00. The molecule has 68 valence electrons. The molecule has 0 rings (SSSR count).